The van der Waals surface area contributed by atoms with Gasteiger partial charge in [0.1, 0.15) is 12.7 Å². The molecule has 0 unspecified atom stereocenters. The summed E-state index contributed by atoms with van der Waals surface area (Å²) in [5, 5.41) is 12.0. The van der Waals surface area contributed by atoms with Gasteiger partial charge in [-0.15, -0.1) is 10.2 Å². The first-order valence-corrected chi connectivity index (χ1v) is 4.37. The highest BCUT2D eigenvalue weighted by molar-refractivity contribution is 6.30. The van der Waals surface area contributed by atoms with Crippen LogP contribution in [0.4, 0.5) is 0 Å². The van der Waals surface area contributed by atoms with Crippen molar-refractivity contribution in [2.24, 2.45) is 5.10 Å². The van der Waals surface area contributed by atoms with Crippen LogP contribution in [0.2, 0.25) is 5.02 Å². The van der Waals surface area contributed by atoms with Crippen LogP contribution in [0.1, 0.15) is 5.56 Å². The van der Waals surface area contributed by atoms with Crippen molar-refractivity contribution in [3.8, 4) is 0 Å². The van der Waals surface area contributed by atoms with Crippen LogP contribution in [0, 0.1) is 0 Å². The van der Waals surface area contributed by atoms with Crippen LogP contribution in [-0.2, 0) is 0 Å². The molecule has 2 aromatic rings. The van der Waals surface area contributed by atoms with E-state index in [-0.39, 0.29) is 0 Å². The van der Waals surface area contributed by atoms with Gasteiger partial charge in [-0.3, -0.25) is 0 Å². The van der Waals surface area contributed by atoms with Gasteiger partial charge in [-0.1, -0.05) is 23.7 Å². The molecule has 0 radical (unpaired) electrons. The Hall–Kier alpha value is -1.68. The lowest BCUT2D eigenvalue weighted by atomic mass is 10.2. The van der Waals surface area contributed by atoms with E-state index in [2.05, 4.69) is 15.3 Å². The van der Waals surface area contributed by atoms with Gasteiger partial charge in [-0.05, 0) is 17.7 Å². The fraction of sp³-hybridized carbons (Fsp3) is 0. The van der Waals surface area contributed by atoms with Crippen molar-refractivity contribution in [2.75, 3.05) is 0 Å². The van der Waals surface area contributed by atoms with Crippen molar-refractivity contribution in [2.45, 2.75) is 0 Å². The minimum absolute atomic E-state index is 0.692. The molecule has 1 aromatic carbocycles. The normalized spacial score (nSPS) is 10.9. The summed E-state index contributed by atoms with van der Waals surface area (Å²) in [7, 11) is 0. The fourth-order valence-corrected chi connectivity index (χ4v) is 1.17. The highest BCUT2D eigenvalue weighted by Gasteiger charge is 1.89. The molecule has 0 fully saturated rings. The molecule has 2 rings (SSSR count). The first-order chi connectivity index (χ1) is 6.84. The minimum atomic E-state index is 0.692. The molecule has 0 N–H and O–H groups in total. The summed E-state index contributed by atoms with van der Waals surface area (Å²) in [4.78, 5) is 0. The van der Waals surface area contributed by atoms with Crippen LogP contribution in [-0.4, -0.2) is 21.1 Å². The van der Waals surface area contributed by atoms with E-state index in [1.54, 1.807) is 6.21 Å². The van der Waals surface area contributed by atoms with Crippen molar-refractivity contribution < 1.29 is 0 Å². The molecule has 0 atom stereocenters. The van der Waals surface area contributed by atoms with Crippen LogP contribution in [0.3, 0.4) is 0 Å². The highest BCUT2D eigenvalue weighted by Crippen LogP contribution is 2.08. The number of aromatic nitrogens is 3. The Morgan fingerprint density at radius 2 is 2.07 bits per heavy atom. The lowest BCUT2D eigenvalue weighted by molar-refractivity contribution is 0.878. The Morgan fingerprint density at radius 3 is 2.79 bits per heavy atom. The van der Waals surface area contributed by atoms with E-state index >= 15 is 0 Å². The maximum Gasteiger partial charge on any atom is 0.141 e. The average Bonchev–Trinajstić information content (AvgIpc) is 2.67. The van der Waals surface area contributed by atoms with E-state index in [9.17, 15) is 0 Å². The van der Waals surface area contributed by atoms with Gasteiger partial charge >= 0.3 is 0 Å². The van der Waals surface area contributed by atoms with E-state index in [0.29, 0.717) is 5.02 Å². The number of rotatable bonds is 2. The van der Waals surface area contributed by atoms with Gasteiger partial charge in [0, 0.05) is 5.02 Å². The summed E-state index contributed by atoms with van der Waals surface area (Å²) < 4.78 is 1.51. The quantitative estimate of drug-likeness (QED) is 0.704. The van der Waals surface area contributed by atoms with Gasteiger partial charge in [0.2, 0.25) is 0 Å². The summed E-state index contributed by atoms with van der Waals surface area (Å²) in [6, 6.07) is 7.43. The third-order valence-corrected chi connectivity index (χ3v) is 1.83. The highest BCUT2D eigenvalue weighted by atomic mass is 35.5. The topological polar surface area (TPSA) is 43.1 Å². The molecule has 70 valence electrons. The van der Waals surface area contributed by atoms with Crippen LogP contribution in [0.5, 0.6) is 0 Å². The molecule has 0 aliphatic carbocycles. The van der Waals surface area contributed by atoms with Crippen LogP contribution in [0.25, 0.3) is 0 Å². The Labute approximate surface area is 85.8 Å². The van der Waals surface area contributed by atoms with Gasteiger partial charge in [0.25, 0.3) is 0 Å². The smallest absolute Gasteiger partial charge is 0.141 e. The zero-order valence-electron chi connectivity index (χ0n) is 7.21. The summed E-state index contributed by atoms with van der Waals surface area (Å²) in [5.41, 5.74) is 0.936. The van der Waals surface area contributed by atoms with E-state index in [0.717, 1.165) is 5.56 Å². The Morgan fingerprint density at radius 1 is 1.29 bits per heavy atom. The van der Waals surface area contributed by atoms with Crippen LogP contribution >= 0.6 is 11.6 Å². The molecule has 0 spiro atoms. The van der Waals surface area contributed by atoms with E-state index in [1.807, 2.05) is 24.3 Å². The van der Waals surface area contributed by atoms with E-state index in [4.69, 9.17) is 11.6 Å². The molecule has 0 aliphatic heterocycles. The number of halogens is 1. The minimum Gasteiger partial charge on any atom is -0.208 e. The second kappa shape index (κ2) is 4.02. The molecular formula is C9H7ClN4. The summed E-state index contributed by atoms with van der Waals surface area (Å²) in [5.74, 6) is 0. The van der Waals surface area contributed by atoms with Gasteiger partial charge < -0.3 is 0 Å². The monoisotopic (exact) mass is 206 g/mol. The van der Waals surface area contributed by atoms with Crippen molar-refractivity contribution in [3.05, 3.63) is 47.5 Å². The average molecular weight is 207 g/mol. The SMILES string of the molecule is Clc1cccc(C=Nn2cnnc2)c1. The summed E-state index contributed by atoms with van der Waals surface area (Å²) in [6.07, 6.45) is 4.72. The first kappa shape index (κ1) is 8.90. The van der Waals surface area contributed by atoms with Crippen LogP contribution in [0.15, 0.2) is 42.0 Å². The van der Waals surface area contributed by atoms with Crippen LogP contribution < -0.4 is 0 Å². The second-order valence-corrected chi connectivity index (χ2v) is 3.08. The number of hydrogen-bond donors (Lipinski definition) is 0. The standard InChI is InChI=1S/C9H7ClN4/c10-9-3-1-2-8(4-9)5-13-14-6-11-12-7-14/h1-7H. The molecule has 4 nitrogen and oxygen atoms in total. The molecule has 1 heterocycles. The maximum atomic E-state index is 5.81. The summed E-state index contributed by atoms with van der Waals surface area (Å²) in [6.45, 7) is 0. The summed E-state index contributed by atoms with van der Waals surface area (Å²) >= 11 is 5.81. The Kier molecular flexibility index (Phi) is 2.55. The predicted molar refractivity (Wildman–Crippen MR) is 54.5 cm³/mol. The van der Waals surface area contributed by atoms with Gasteiger partial charge in [0.15, 0.2) is 0 Å². The third kappa shape index (κ3) is 2.17. The predicted octanol–water partition coefficient (Wildman–Crippen LogP) is 1.81. The van der Waals surface area contributed by atoms with Gasteiger partial charge in [-0.2, -0.15) is 5.10 Å². The first-order valence-electron chi connectivity index (χ1n) is 3.99. The zero-order valence-corrected chi connectivity index (χ0v) is 7.96. The number of nitrogens with zero attached hydrogens (tertiary/aromatic N) is 4. The van der Waals surface area contributed by atoms with Crippen molar-refractivity contribution in [1.29, 1.82) is 0 Å². The molecule has 0 saturated heterocycles. The molecule has 0 amide bonds. The van der Waals surface area contributed by atoms with E-state index in [1.165, 1.54) is 17.3 Å². The molecule has 0 saturated carbocycles. The van der Waals surface area contributed by atoms with Gasteiger partial charge in [0.05, 0.1) is 6.21 Å². The third-order valence-electron chi connectivity index (χ3n) is 1.60. The fourth-order valence-electron chi connectivity index (χ4n) is 0.975. The van der Waals surface area contributed by atoms with Crippen molar-refractivity contribution >= 4 is 17.8 Å². The molecule has 14 heavy (non-hydrogen) atoms. The molecular weight excluding hydrogens is 200 g/mol. The molecule has 1 aromatic heterocycles. The Bertz CT molecular complexity index is 436. The van der Waals surface area contributed by atoms with Crippen molar-refractivity contribution in [3.63, 3.8) is 0 Å². The zero-order chi connectivity index (χ0) is 9.80. The lowest BCUT2D eigenvalue weighted by Crippen LogP contribution is -1.86. The lowest BCUT2D eigenvalue weighted by Gasteiger charge is -1.93. The van der Waals surface area contributed by atoms with Gasteiger partial charge in [-0.25, -0.2) is 4.68 Å². The molecule has 5 heteroatoms. The number of hydrogen-bond acceptors (Lipinski definition) is 3. The Balaban J connectivity index is 2.18. The van der Waals surface area contributed by atoms with Crippen molar-refractivity contribution in [1.82, 2.24) is 14.9 Å². The molecule has 0 aliphatic rings. The number of benzene rings is 1. The van der Waals surface area contributed by atoms with E-state index < -0.39 is 0 Å². The maximum absolute atomic E-state index is 5.81. The molecule has 0 bridgehead atoms. The largest absolute Gasteiger partial charge is 0.208 e. The second-order valence-electron chi connectivity index (χ2n) is 2.64.